The molecule has 1 aliphatic heterocycles. The number of anilines is 1. The Bertz CT molecular complexity index is 435. The Labute approximate surface area is 121 Å². The van der Waals surface area contributed by atoms with Gasteiger partial charge in [0.1, 0.15) is 0 Å². The quantitative estimate of drug-likeness (QED) is 0.861. The van der Waals surface area contributed by atoms with E-state index in [4.69, 9.17) is 4.99 Å². The molecule has 0 bridgehead atoms. The maximum atomic E-state index is 4.75. The fraction of sp³-hybridized carbons (Fsp3) is 0.562. The fourth-order valence-electron chi connectivity index (χ4n) is 2.08. The first-order valence-electron chi connectivity index (χ1n) is 7.18. The number of hydrogen-bond acceptors (Lipinski definition) is 3. The monoisotopic (exact) mass is 276 g/mol. The van der Waals surface area contributed by atoms with Gasteiger partial charge in [-0.1, -0.05) is 37.2 Å². The number of amidine groups is 1. The van der Waals surface area contributed by atoms with Gasteiger partial charge in [0.15, 0.2) is 5.17 Å². The predicted molar refractivity (Wildman–Crippen MR) is 87.3 cm³/mol. The van der Waals surface area contributed by atoms with Crippen LogP contribution in [-0.4, -0.2) is 16.5 Å². The maximum absolute atomic E-state index is 4.75. The lowest BCUT2D eigenvalue weighted by molar-refractivity contribution is 0.507. The van der Waals surface area contributed by atoms with E-state index in [1.165, 1.54) is 24.8 Å². The van der Waals surface area contributed by atoms with Crippen LogP contribution in [0.15, 0.2) is 29.3 Å². The Morgan fingerprint density at radius 3 is 2.63 bits per heavy atom. The van der Waals surface area contributed by atoms with Gasteiger partial charge in [-0.05, 0) is 50.8 Å². The number of unbranched alkanes of at least 4 members (excludes halogenated alkanes) is 1. The third kappa shape index (κ3) is 4.57. The molecule has 3 heteroatoms. The van der Waals surface area contributed by atoms with E-state index in [9.17, 15) is 0 Å². The molecule has 19 heavy (non-hydrogen) atoms. The molecule has 1 aromatic rings. The van der Waals surface area contributed by atoms with E-state index in [0.29, 0.717) is 0 Å². The van der Waals surface area contributed by atoms with Crippen LogP contribution >= 0.6 is 11.8 Å². The summed E-state index contributed by atoms with van der Waals surface area (Å²) in [5.41, 5.74) is 2.64. The van der Waals surface area contributed by atoms with Crippen LogP contribution in [0, 0.1) is 0 Å². The Balaban J connectivity index is 1.98. The Hall–Kier alpha value is -0.960. The Morgan fingerprint density at radius 2 is 2.00 bits per heavy atom. The zero-order valence-corrected chi connectivity index (χ0v) is 13.0. The normalized spacial score (nSPS) is 17.9. The van der Waals surface area contributed by atoms with Crippen LogP contribution in [0.1, 0.15) is 45.6 Å². The SMILES string of the molecule is CCCCc1ccc(NC2=NC(C)(C)CCS2)cc1. The van der Waals surface area contributed by atoms with E-state index in [1.54, 1.807) is 0 Å². The molecule has 104 valence electrons. The molecule has 0 unspecified atom stereocenters. The first kappa shape index (κ1) is 14.4. The molecule has 0 amide bonds. The van der Waals surface area contributed by atoms with Gasteiger partial charge in [0.2, 0.25) is 0 Å². The van der Waals surface area contributed by atoms with Crippen molar-refractivity contribution in [3.63, 3.8) is 0 Å². The van der Waals surface area contributed by atoms with Crippen molar-refractivity contribution in [2.24, 2.45) is 4.99 Å². The molecule has 0 saturated heterocycles. The average Bonchev–Trinajstić information content (AvgIpc) is 2.37. The van der Waals surface area contributed by atoms with Crippen molar-refractivity contribution in [3.05, 3.63) is 29.8 Å². The van der Waals surface area contributed by atoms with E-state index in [-0.39, 0.29) is 5.54 Å². The molecule has 0 fully saturated rings. The van der Waals surface area contributed by atoms with Crippen LogP contribution < -0.4 is 5.32 Å². The van der Waals surface area contributed by atoms with Gasteiger partial charge in [-0.25, -0.2) is 0 Å². The molecule has 0 saturated carbocycles. The summed E-state index contributed by atoms with van der Waals surface area (Å²) in [6.45, 7) is 6.63. The van der Waals surface area contributed by atoms with Gasteiger partial charge in [0.05, 0.1) is 5.54 Å². The highest BCUT2D eigenvalue weighted by Gasteiger charge is 2.22. The summed E-state index contributed by atoms with van der Waals surface area (Å²) in [5, 5.41) is 4.49. The highest BCUT2D eigenvalue weighted by molar-refractivity contribution is 8.14. The fourth-order valence-corrected chi connectivity index (χ4v) is 3.38. The van der Waals surface area contributed by atoms with Crippen molar-refractivity contribution in [2.45, 2.75) is 52.0 Å². The number of nitrogens with one attached hydrogen (secondary N) is 1. The molecule has 2 rings (SSSR count). The van der Waals surface area contributed by atoms with Crippen molar-refractivity contribution in [1.29, 1.82) is 0 Å². The molecule has 1 aromatic carbocycles. The smallest absolute Gasteiger partial charge is 0.161 e. The molecule has 2 nitrogen and oxygen atoms in total. The van der Waals surface area contributed by atoms with Gasteiger partial charge in [-0.3, -0.25) is 4.99 Å². The average molecular weight is 276 g/mol. The molecule has 1 aliphatic rings. The van der Waals surface area contributed by atoms with Gasteiger partial charge in [-0.15, -0.1) is 0 Å². The predicted octanol–water partition coefficient (Wildman–Crippen LogP) is 4.71. The molecule has 1 heterocycles. The van der Waals surface area contributed by atoms with E-state index in [1.807, 2.05) is 11.8 Å². The zero-order chi connectivity index (χ0) is 13.7. The van der Waals surface area contributed by atoms with Gasteiger partial charge in [0, 0.05) is 11.4 Å². The largest absolute Gasteiger partial charge is 0.335 e. The summed E-state index contributed by atoms with van der Waals surface area (Å²) in [4.78, 5) is 4.75. The van der Waals surface area contributed by atoms with Gasteiger partial charge >= 0.3 is 0 Å². The van der Waals surface area contributed by atoms with Gasteiger partial charge < -0.3 is 5.32 Å². The van der Waals surface area contributed by atoms with E-state index in [0.717, 1.165) is 23.0 Å². The second-order valence-corrected chi connectivity index (χ2v) is 6.84. The number of aliphatic imine (C=N–C) groups is 1. The Kier molecular flexibility index (Phi) is 4.92. The van der Waals surface area contributed by atoms with Crippen LogP contribution in [0.25, 0.3) is 0 Å². The van der Waals surface area contributed by atoms with Crippen molar-refractivity contribution < 1.29 is 0 Å². The number of thioether (sulfide) groups is 1. The van der Waals surface area contributed by atoms with Crippen LogP contribution in [0.4, 0.5) is 5.69 Å². The van der Waals surface area contributed by atoms with Crippen molar-refractivity contribution in [1.82, 2.24) is 0 Å². The molecule has 0 atom stereocenters. The summed E-state index contributed by atoms with van der Waals surface area (Å²) in [5.74, 6) is 1.15. The van der Waals surface area contributed by atoms with E-state index in [2.05, 4.69) is 50.4 Å². The van der Waals surface area contributed by atoms with Crippen LogP contribution in [0.5, 0.6) is 0 Å². The topological polar surface area (TPSA) is 24.4 Å². The minimum atomic E-state index is 0.0780. The number of nitrogens with zero attached hydrogens (tertiary/aromatic N) is 1. The summed E-state index contributed by atoms with van der Waals surface area (Å²) in [6.07, 6.45) is 4.85. The van der Waals surface area contributed by atoms with Crippen LogP contribution in [-0.2, 0) is 6.42 Å². The van der Waals surface area contributed by atoms with Gasteiger partial charge in [0.25, 0.3) is 0 Å². The molecular formula is C16H24N2S. The minimum Gasteiger partial charge on any atom is -0.335 e. The number of benzene rings is 1. The van der Waals surface area contributed by atoms with E-state index >= 15 is 0 Å². The lowest BCUT2D eigenvalue weighted by Crippen LogP contribution is -2.27. The van der Waals surface area contributed by atoms with E-state index < -0.39 is 0 Å². The second-order valence-electron chi connectivity index (χ2n) is 5.75. The third-order valence-electron chi connectivity index (χ3n) is 3.38. The molecule has 0 aliphatic carbocycles. The highest BCUT2D eigenvalue weighted by atomic mass is 32.2. The summed E-state index contributed by atoms with van der Waals surface area (Å²) in [7, 11) is 0. The highest BCUT2D eigenvalue weighted by Crippen LogP contribution is 2.26. The first-order chi connectivity index (χ1) is 9.09. The summed E-state index contributed by atoms with van der Waals surface area (Å²) < 4.78 is 0. The van der Waals surface area contributed by atoms with Crippen molar-refractivity contribution in [2.75, 3.05) is 11.1 Å². The van der Waals surface area contributed by atoms with Crippen molar-refractivity contribution in [3.8, 4) is 0 Å². The number of aryl methyl sites for hydroxylation is 1. The molecule has 0 radical (unpaired) electrons. The molecule has 0 spiro atoms. The summed E-state index contributed by atoms with van der Waals surface area (Å²) in [6, 6.07) is 8.76. The first-order valence-corrected chi connectivity index (χ1v) is 8.16. The Morgan fingerprint density at radius 1 is 1.26 bits per heavy atom. The lowest BCUT2D eigenvalue weighted by atomic mass is 10.0. The number of rotatable bonds is 4. The standard InChI is InChI=1S/C16H24N2S/c1-4-5-6-13-7-9-14(10-8-13)17-15-18-16(2,3)11-12-19-15/h7-10H,4-6,11-12H2,1-3H3,(H,17,18). The lowest BCUT2D eigenvalue weighted by Gasteiger charge is -2.26. The minimum absolute atomic E-state index is 0.0780. The van der Waals surface area contributed by atoms with Crippen LogP contribution in [0.2, 0.25) is 0 Å². The van der Waals surface area contributed by atoms with Crippen LogP contribution in [0.3, 0.4) is 0 Å². The number of hydrogen-bond donors (Lipinski definition) is 1. The molecule has 1 N–H and O–H groups in total. The van der Waals surface area contributed by atoms with Gasteiger partial charge in [-0.2, -0.15) is 0 Å². The second kappa shape index (κ2) is 6.47. The third-order valence-corrected chi connectivity index (χ3v) is 4.26. The van der Waals surface area contributed by atoms with Crippen molar-refractivity contribution >= 4 is 22.6 Å². The maximum Gasteiger partial charge on any atom is 0.161 e. The summed E-state index contributed by atoms with van der Waals surface area (Å²) >= 11 is 1.82. The molecular weight excluding hydrogens is 252 g/mol. The molecule has 0 aromatic heterocycles. The zero-order valence-electron chi connectivity index (χ0n) is 12.2.